The molecular weight excluding hydrogens is 203 g/mol. The zero-order chi connectivity index (χ0) is 10.8. The van der Waals surface area contributed by atoms with Crippen molar-refractivity contribution in [2.24, 2.45) is 0 Å². The molecule has 0 unspecified atom stereocenters. The van der Waals surface area contributed by atoms with E-state index in [2.05, 4.69) is 14.7 Å². The zero-order valence-electron chi connectivity index (χ0n) is 7.35. The molecule has 2 heterocycles. The van der Waals surface area contributed by atoms with Crippen molar-refractivity contribution >= 4 is 5.97 Å². The summed E-state index contributed by atoms with van der Waals surface area (Å²) in [6.07, 6.45) is 1.26. The van der Waals surface area contributed by atoms with Gasteiger partial charge in [0.25, 0.3) is 0 Å². The maximum absolute atomic E-state index is 12.8. The predicted molar refractivity (Wildman–Crippen MR) is 46.7 cm³/mol. The number of carboxylic acid groups (broad SMARTS) is 1. The summed E-state index contributed by atoms with van der Waals surface area (Å²) >= 11 is 0. The number of hydrogen-bond acceptors (Lipinski definition) is 4. The van der Waals surface area contributed by atoms with Gasteiger partial charge in [0.05, 0.1) is 5.69 Å². The lowest BCUT2D eigenvalue weighted by molar-refractivity contribution is 0.0652. The van der Waals surface area contributed by atoms with Crippen molar-refractivity contribution in [2.45, 2.75) is 0 Å². The number of carbonyl (C=O) groups is 1. The molecule has 0 amide bonds. The highest BCUT2D eigenvalue weighted by Crippen LogP contribution is 2.17. The summed E-state index contributed by atoms with van der Waals surface area (Å²) in [6.45, 7) is 0. The Bertz CT molecular complexity index is 510. The minimum atomic E-state index is -1.23. The summed E-state index contributed by atoms with van der Waals surface area (Å²) in [4.78, 5) is 14.3. The maximum atomic E-state index is 12.8. The Balaban J connectivity index is 2.41. The number of rotatable bonds is 2. The Morgan fingerprint density at radius 3 is 2.80 bits per heavy atom. The molecule has 6 heteroatoms. The molecule has 0 atom stereocenters. The molecule has 76 valence electrons. The van der Waals surface area contributed by atoms with E-state index in [9.17, 15) is 9.18 Å². The van der Waals surface area contributed by atoms with Crippen molar-refractivity contribution in [3.8, 4) is 11.4 Å². The van der Waals surface area contributed by atoms with Gasteiger partial charge < -0.3 is 9.63 Å². The van der Waals surface area contributed by atoms with Gasteiger partial charge in [-0.2, -0.15) is 0 Å². The van der Waals surface area contributed by atoms with Gasteiger partial charge in [0, 0.05) is 18.3 Å². The van der Waals surface area contributed by atoms with Gasteiger partial charge >= 0.3 is 5.97 Å². The first kappa shape index (κ1) is 9.32. The van der Waals surface area contributed by atoms with Crippen molar-refractivity contribution in [2.75, 3.05) is 0 Å². The van der Waals surface area contributed by atoms with Crippen LogP contribution >= 0.6 is 0 Å². The van der Waals surface area contributed by atoms with E-state index in [0.717, 1.165) is 6.07 Å². The molecule has 0 saturated carbocycles. The van der Waals surface area contributed by atoms with Gasteiger partial charge in [0.2, 0.25) is 5.76 Å². The molecule has 0 aliphatic carbocycles. The summed E-state index contributed by atoms with van der Waals surface area (Å²) in [6, 6.07) is 3.51. The quantitative estimate of drug-likeness (QED) is 0.810. The van der Waals surface area contributed by atoms with E-state index in [0.29, 0.717) is 0 Å². The zero-order valence-corrected chi connectivity index (χ0v) is 7.35. The molecular formula is C9H5FN2O3. The van der Waals surface area contributed by atoms with Gasteiger partial charge in [-0.05, 0) is 6.07 Å². The molecule has 0 fully saturated rings. The van der Waals surface area contributed by atoms with Crippen LogP contribution in [0.15, 0.2) is 28.9 Å². The number of halogens is 1. The smallest absolute Gasteiger partial charge is 0.374 e. The highest BCUT2D eigenvalue weighted by molar-refractivity contribution is 5.85. The van der Waals surface area contributed by atoms with E-state index < -0.39 is 11.8 Å². The van der Waals surface area contributed by atoms with Crippen LogP contribution in [0.5, 0.6) is 0 Å². The molecule has 0 saturated heterocycles. The Hall–Kier alpha value is -2.24. The van der Waals surface area contributed by atoms with E-state index >= 15 is 0 Å². The number of aromatic carboxylic acids is 1. The lowest BCUT2D eigenvalue weighted by Crippen LogP contribution is -1.91. The third kappa shape index (κ3) is 1.83. The minimum absolute atomic E-state index is 0.187. The number of carboxylic acids is 1. The van der Waals surface area contributed by atoms with Crippen LogP contribution < -0.4 is 0 Å². The van der Waals surface area contributed by atoms with Gasteiger partial charge in [0.1, 0.15) is 11.5 Å². The van der Waals surface area contributed by atoms with E-state index in [1.54, 1.807) is 0 Å². The second-order valence-corrected chi connectivity index (χ2v) is 2.74. The largest absolute Gasteiger partial charge is 0.475 e. The summed E-state index contributed by atoms with van der Waals surface area (Å²) in [7, 11) is 0. The number of pyridine rings is 1. The summed E-state index contributed by atoms with van der Waals surface area (Å²) < 4.78 is 17.3. The second kappa shape index (κ2) is 3.49. The molecule has 2 aromatic heterocycles. The van der Waals surface area contributed by atoms with Crippen LogP contribution in [-0.4, -0.2) is 21.2 Å². The molecule has 0 aliphatic rings. The molecule has 0 aromatic carbocycles. The van der Waals surface area contributed by atoms with Gasteiger partial charge in [-0.25, -0.2) is 9.18 Å². The maximum Gasteiger partial charge on any atom is 0.374 e. The van der Waals surface area contributed by atoms with Crippen molar-refractivity contribution < 1.29 is 18.8 Å². The van der Waals surface area contributed by atoms with Gasteiger partial charge in [0.15, 0.2) is 0 Å². The Labute approximate surface area is 83.2 Å². The fourth-order valence-electron chi connectivity index (χ4n) is 1.04. The van der Waals surface area contributed by atoms with Gasteiger partial charge in [-0.15, -0.1) is 0 Å². The molecule has 5 nitrogen and oxygen atoms in total. The summed E-state index contributed by atoms with van der Waals surface area (Å²) in [5.74, 6) is -2.01. The summed E-state index contributed by atoms with van der Waals surface area (Å²) in [5.41, 5.74) is 0.415. The highest BCUT2D eigenvalue weighted by Gasteiger charge is 2.13. The Morgan fingerprint density at radius 1 is 1.40 bits per heavy atom. The molecule has 0 radical (unpaired) electrons. The lowest BCUT2D eigenvalue weighted by atomic mass is 10.2. The van der Waals surface area contributed by atoms with E-state index in [-0.39, 0.29) is 17.1 Å². The number of nitrogens with zero attached hydrogens (tertiary/aromatic N) is 2. The third-order valence-electron chi connectivity index (χ3n) is 1.71. The van der Waals surface area contributed by atoms with Crippen LogP contribution in [0.3, 0.4) is 0 Å². The second-order valence-electron chi connectivity index (χ2n) is 2.74. The first-order valence-corrected chi connectivity index (χ1v) is 3.99. The molecule has 2 rings (SSSR count). The molecule has 1 N–H and O–H groups in total. The van der Waals surface area contributed by atoms with Crippen molar-refractivity contribution in [3.05, 3.63) is 36.0 Å². The van der Waals surface area contributed by atoms with Crippen LogP contribution in [0.4, 0.5) is 4.39 Å². The van der Waals surface area contributed by atoms with Crippen molar-refractivity contribution in [3.63, 3.8) is 0 Å². The first-order valence-electron chi connectivity index (χ1n) is 3.99. The molecule has 2 aromatic rings. The first-order chi connectivity index (χ1) is 7.16. The van der Waals surface area contributed by atoms with Crippen LogP contribution in [0, 0.1) is 5.82 Å². The van der Waals surface area contributed by atoms with Crippen LogP contribution in [-0.2, 0) is 0 Å². The summed E-state index contributed by atoms with van der Waals surface area (Å²) in [5, 5.41) is 12.0. The predicted octanol–water partition coefficient (Wildman–Crippen LogP) is 1.57. The highest BCUT2D eigenvalue weighted by atomic mass is 19.1. The van der Waals surface area contributed by atoms with Crippen LogP contribution in [0.25, 0.3) is 11.4 Å². The fraction of sp³-hybridized carbons (Fsp3) is 0. The molecule has 15 heavy (non-hydrogen) atoms. The molecule has 0 bridgehead atoms. The van der Waals surface area contributed by atoms with Crippen LogP contribution in [0.1, 0.15) is 10.6 Å². The molecule has 0 aliphatic heterocycles. The van der Waals surface area contributed by atoms with E-state index in [1.165, 1.54) is 18.3 Å². The van der Waals surface area contributed by atoms with Crippen LogP contribution in [0.2, 0.25) is 0 Å². The van der Waals surface area contributed by atoms with E-state index in [4.69, 9.17) is 5.11 Å². The van der Waals surface area contributed by atoms with Gasteiger partial charge in [-0.1, -0.05) is 5.16 Å². The minimum Gasteiger partial charge on any atom is -0.475 e. The van der Waals surface area contributed by atoms with Gasteiger partial charge in [-0.3, -0.25) is 4.98 Å². The normalized spacial score (nSPS) is 10.2. The number of hydrogen-bond donors (Lipinski definition) is 1. The standard InChI is InChI=1S/C9H5FN2O3/c10-5-1-2-11-6(3-5)7-4-8(9(13)14)15-12-7/h1-4H,(H,13,14). The number of aromatic nitrogens is 2. The molecule has 0 spiro atoms. The third-order valence-corrected chi connectivity index (χ3v) is 1.71. The average Bonchev–Trinajstić information content (AvgIpc) is 2.66. The Kier molecular flexibility index (Phi) is 2.17. The van der Waals surface area contributed by atoms with E-state index in [1.807, 2.05) is 0 Å². The average molecular weight is 208 g/mol. The Morgan fingerprint density at radius 2 is 2.20 bits per heavy atom. The monoisotopic (exact) mass is 208 g/mol. The SMILES string of the molecule is O=C(O)c1cc(-c2cc(F)ccn2)no1. The lowest BCUT2D eigenvalue weighted by Gasteiger charge is -1.92. The van der Waals surface area contributed by atoms with Crippen molar-refractivity contribution in [1.82, 2.24) is 10.1 Å². The van der Waals surface area contributed by atoms with Crippen molar-refractivity contribution in [1.29, 1.82) is 0 Å². The topological polar surface area (TPSA) is 76.2 Å². The fourth-order valence-corrected chi connectivity index (χ4v) is 1.04.